The molecule has 0 N–H and O–H groups in total. The minimum absolute atomic E-state index is 0.673. The smallest absolute Gasteiger partial charge is 0.132 e. The van der Waals surface area contributed by atoms with E-state index in [1.165, 1.54) is 36.1 Å². The first kappa shape index (κ1) is 11.0. The molecule has 2 heterocycles. The van der Waals surface area contributed by atoms with Crippen molar-refractivity contribution in [3.63, 3.8) is 0 Å². The number of nitrogens with zero attached hydrogens (tertiary/aromatic N) is 3. The molecule has 1 aromatic carbocycles. The molecular weight excluding hydrogens is 234 g/mol. The number of hydrogen-bond donors (Lipinski definition) is 0. The zero-order chi connectivity index (χ0) is 12.7. The van der Waals surface area contributed by atoms with Crippen LogP contribution in [0.25, 0.3) is 0 Å². The number of benzene rings is 1. The summed E-state index contributed by atoms with van der Waals surface area (Å²) >= 11 is 0. The Balaban J connectivity index is 1.60. The van der Waals surface area contributed by atoms with Crippen molar-refractivity contribution in [2.24, 2.45) is 0 Å². The lowest BCUT2D eigenvalue weighted by atomic mass is 9.83. The Hall–Kier alpha value is -1.90. The van der Waals surface area contributed by atoms with Crippen molar-refractivity contribution in [1.29, 1.82) is 0 Å². The molecule has 1 aliphatic carbocycles. The minimum atomic E-state index is 0.673. The van der Waals surface area contributed by atoms with Crippen LogP contribution in [0.4, 0.5) is 5.82 Å². The fourth-order valence-corrected chi connectivity index (χ4v) is 2.96. The molecule has 2 aromatic rings. The molecule has 0 atom stereocenters. The van der Waals surface area contributed by atoms with E-state index < -0.39 is 0 Å². The summed E-state index contributed by atoms with van der Waals surface area (Å²) in [5.74, 6) is 1.75. The largest absolute Gasteiger partial charge is 0.348 e. The van der Waals surface area contributed by atoms with Gasteiger partial charge < -0.3 is 4.90 Å². The zero-order valence-corrected chi connectivity index (χ0v) is 10.9. The fourth-order valence-electron chi connectivity index (χ4n) is 2.96. The Morgan fingerprint density at radius 2 is 1.74 bits per heavy atom. The molecule has 0 spiro atoms. The van der Waals surface area contributed by atoms with E-state index in [0.29, 0.717) is 5.92 Å². The molecule has 1 aromatic heterocycles. The fraction of sp³-hybridized carbons (Fsp3) is 0.375. The van der Waals surface area contributed by atoms with Crippen molar-refractivity contribution in [2.75, 3.05) is 4.90 Å². The van der Waals surface area contributed by atoms with E-state index in [1.54, 1.807) is 6.33 Å². The van der Waals surface area contributed by atoms with E-state index in [1.807, 2.05) is 0 Å². The first-order valence-corrected chi connectivity index (χ1v) is 7.04. The number of anilines is 1. The van der Waals surface area contributed by atoms with Crippen LogP contribution >= 0.6 is 0 Å². The van der Waals surface area contributed by atoms with Crippen LogP contribution in [0, 0.1) is 0 Å². The van der Waals surface area contributed by atoms with Gasteiger partial charge in [0.25, 0.3) is 0 Å². The highest BCUT2D eigenvalue weighted by atomic mass is 15.2. The van der Waals surface area contributed by atoms with E-state index in [-0.39, 0.29) is 0 Å². The van der Waals surface area contributed by atoms with Gasteiger partial charge in [-0.15, -0.1) is 0 Å². The van der Waals surface area contributed by atoms with Crippen LogP contribution in [0.5, 0.6) is 0 Å². The van der Waals surface area contributed by atoms with Gasteiger partial charge in [0.05, 0.1) is 0 Å². The van der Waals surface area contributed by atoms with Gasteiger partial charge in [-0.25, -0.2) is 9.97 Å². The average molecular weight is 251 g/mol. The summed E-state index contributed by atoms with van der Waals surface area (Å²) in [5, 5.41) is 0. The Labute approximate surface area is 113 Å². The van der Waals surface area contributed by atoms with E-state index in [9.17, 15) is 0 Å². The van der Waals surface area contributed by atoms with Gasteiger partial charge in [-0.2, -0.15) is 0 Å². The Kier molecular flexibility index (Phi) is 2.50. The average Bonchev–Trinajstić information content (AvgIpc) is 2.81. The predicted molar refractivity (Wildman–Crippen MR) is 75.0 cm³/mol. The molecule has 4 rings (SSSR count). The summed E-state index contributed by atoms with van der Waals surface area (Å²) in [6.45, 7) is 1.94. The molecule has 19 heavy (non-hydrogen) atoms. The lowest BCUT2D eigenvalue weighted by Crippen LogP contribution is -2.18. The third-order valence-corrected chi connectivity index (χ3v) is 4.36. The van der Waals surface area contributed by atoms with Crippen LogP contribution in [-0.2, 0) is 13.1 Å². The van der Waals surface area contributed by atoms with E-state index >= 15 is 0 Å². The summed E-state index contributed by atoms with van der Waals surface area (Å²) in [6.07, 6.45) is 5.65. The van der Waals surface area contributed by atoms with E-state index in [0.717, 1.165) is 18.9 Å². The Bertz CT molecular complexity index is 579. The first-order valence-electron chi connectivity index (χ1n) is 7.04. The van der Waals surface area contributed by atoms with Gasteiger partial charge in [-0.1, -0.05) is 30.7 Å². The SMILES string of the molecule is c1ccc2c(c1)CN(c1cc(C3CCC3)ncn1)C2. The number of aromatic nitrogens is 2. The highest BCUT2D eigenvalue weighted by Crippen LogP contribution is 2.36. The summed E-state index contributed by atoms with van der Waals surface area (Å²) in [4.78, 5) is 11.2. The van der Waals surface area contributed by atoms with Crippen molar-refractivity contribution in [1.82, 2.24) is 9.97 Å². The molecule has 0 radical (unpaired) electrons. The van der Waals surface area contributed by atoms with Gasteiger partial charge in [-0.05, 0) is 24.0 Å². The van der Waals surface area contributed by atoms with Crippen molar-refractivity contribution >= 4 is 5.82 Å². The maximum atomic E-state index is 4.46. The molecule has 3 nitrogen and oxygen atoms in total. The highest BCUT2D eigenvalue weighted by molar-refractivity contribution is 5.47. The molecule has 0 unspecified atom stereocenters. The van der Waals surface area contributed by atoms with Gasteiger partial charge >= 0.3 is 0 Å². The van der Waals surface area contributed by atoms with Gasteiger partial charge in [0, 0.05) is 30.8 Å². The molecule has 0 bridgehead atoms. The number of fused-ring (bicyclic) bond motifs is 1. The van der Waals surface area contributed by atoms with Crippen molar-refractivity contribution in [2.45, 2.75) is 38.3 Å². The molecule has 1 saturated carbocycles. The van der Waals surface area contributed by atoms with E-state index in [4.69, 9.17) is 0 Å². The van der Waals surface area contributed by atoms with Crippen LogP contribution in [0.15, 0.2) is 36.7 Å². The Morgan fingerprint density at radius 1 is 1.00 bits per heavy atom. The molecule has 1 fully saturated rings. The monoisotopic (exact) mass is 251 g/mol. The third kappa shape index (κ3) is 1.89. The molecule has 1 aliphatic heterocycles. The quantitative estimate of drug-likeness (QED) is 0.820. The summed E-state index contributed by atoms with van der Waals surface area (Å²) < 4.78 is 0. The number of rotatable bonds is 2. The second-order valence-electron chi connectivity index (χ2n) is 5.55. The van der Waals surface area contributed by atoms with Crippen LogP contribution in [0.1, 0.15) is 42.0 Å². The van der Waals surface area contributed by atoms with Crippen LogP contribution < -0.4 is 4.90 Å². The third-order valence-electron chi connectivity index (χ3n) is 4.36. The van der Waals surface area contributed by atoms with Crippen LogP contribution in [0.2, 0.25) is 0 Å². The van der Waals surface area contributed by atoms with Crippen molar-refractivity contribution < 1.29 is 0 Å². The van der Waals surface area contributed by atoms with Gasteiger partial charge in [-0.3, -0.25) is 0 Å². The molecule has 96 valence electrons. The zero-order valence-electron chi connectivity index (χ0n) is 10.9. The summed E-state index contributed by atoms with van der Waals surface area (Å²) in [7, 11) is 0. The molecular formula is C16H17N3. The topological polar surface area (TPSA) is 29.0 Å². The predicted octanol–water partition coefficient (Wildman–Crippen LogP) is 3.26. The molecule has 3 heteroatoms. The maximum Gasteiger partial charge on any atom is 0.132 e. The van der Waals surface area contributed by atoms with Gasteiger partial charge in [0.15, 0.2) is 0 Å². The normalized spacial score (nSPS) is 18.2. The lowest BCUT2D eigenvalue weighted by molar-refractivity contribution is 0.410. The Morgan fingerprint density at radius 3 is 2.37 bits per heavy atom. The molecule has 0 saturated heterocycles. The first-order chi connectivity index (χ1) is 9.40. The van der Waals surface area contributed by atoms with Crippen molar-refractivity contribution in [3.8, 4) is 0 Å². The molecule has 0 amide bonds. The lowest BCUT2D eigenvalue weighted by Gasteiger charge is -2.25. The summed E-state index contributed by atoms with van der Waals surface area (Å²) in [6, 6.07) is 10.8. The minimum Gasteiger partial charge on any atom is -0.348 e. The molecule has 2 aliphatic rings. The standard InChI is InChI=1S/C16H17N3/c1-2-5-14-10-19(9-13(14)4-1)16-8-15(17-11-18-16)12-6-3-7-12/h1-2,4-5,8,11-12H,3,6-7,9-10H2. The van der Waals surface area contributed by atoms with Gasteiger partial charge in [0.2, 0.25) is 0 Å². The second kappa shape index (κ2) is 4.34. The highest BCUT2D eigenvalue weighted by Gasteiger charge is 2.24. The van der Waals surface area contributed by atoms with Crippen LogP contribution in [-0.4, -0.2) is 9.97 Å². The number of hydrogen-bond acceptors (Lipinski definition) is 3. The van der Waals surface area contributed by atoms with Gasteiger partial charge in [0.1, 0.15) is 12.1 Å². The van der Waals surface area contributed by atoms with Crippen LogP contribution in [0.3, 0.4) is 0 Å². The van der Waals surface area contributed by atoms with Crippen molar-refractivity contribution in [3.05, 3.63) is 53.5 Å². The van der Waals surface area contributed by atoms with E-state index in [2.05, 4.69) is 45.2 Å². The second-order valence-corrected chi connectivity index (χ2v) is 5.55. The summed E-state index contributed by atoms with van der Waals surface area (Å²) in [5.41, 5.74) is 4.07. The maximum absolute atomic E-state index is 4.46.